The fourth-order valence-corrected chi connectivity index (χ4v) is 5.27. The lowest BCUT2D eigenvalue weighted by molar-refractivity contribution is -0.111. The van der Waals surface area contributed by atoms with Crippen LogP contribution in [0.4, 0.5) is 5.69 Å². The standard InChI is InChI=1S/C27H26N2OS2/c1-27(2,3)21-12-9-20(10-13-21)18-31-26-29-23-15-14-22(17-24(23)32-26)28-25(30)16-11-19-7-5-4-6-8-19/h4-17H,18H2,1-3H3,(H,28,30). The molecule has 0 aliphatic carbocycles. The molecule has 4 aromatic rings. The van der Waals surface area contributed by atoms with Crippen LogP contribution in [0.5, 0.6) is 0 Å². The molecule has 3 nitrogen and oxygen atoms in total. The van der Waals surface area contributed by atoms with Crippen molar-refractivity contribution < 1.29 is 4.79 Å². The normalized spacial score (nSPS) is 11.8. The van der Waals surface area contributed by atoms with Gasteiger partial charge in [0.05, 0.1) is 10.2 Å². The molecule has 0 aliphatic heterocycles. The molecule has 1 amide bonds. The summed E-state index contributed by atoms with van der Waals surface area (Å²) in [7, 11) is 0. The van der Waals surface area contributed by atoms with Crippen molar-refractivity contribution in [2.75, 3.05) is 5.32 Å². The van der Waals surface area contributed by atoms with Crippen LogP contribution in [0.15, 0.2) is 83.2 Å². The first-order valence-electron chi connectivity index (χ1n) is 10.5. The van der Waals surface area contributed by atoms with E-state index in [0.717, 1.165) is 31.6 Å². The van der Waals surface area contributed by atoms with Gasteiger partial charge in [-0.1, -0.05) is 87.1 Å². The Morgan fingerprint density at radius 3 is 2.50 bits per heavy atom. The van der Waals surface area contributed by atoms with E-state index in [1.807, 2.05) is 54.6 Å². The second kappa shape index (κ2) is 9.72. The first-order valence-corrected chi connectivity index (χ1v) is 12.3. The zero-order valence-corrected chi connectivity index (χ0v) is 20.1. The second-order valence-corrected chi connectivity index (χ2v) is 10.9. The summed E-state index contributed by atoms with van der Waals surface area (Å²) in [5.74, 6) is 0.740. The lowest BCUT2D eigenvalue weighted by Gasteiger charge is -2.19. The fraction of sp³-hybridized carbons (Fsp3) is 0.185. The molecule has 0 saturated carbocycles. The summed E-state index contributed by atoms with van der Waals surface area (Å²) in [6.07, 6.45) is 3.36. The van der Waals surface area contributed by atoms with E-state index in [9.17, 15) is 4.79 Å². The number of benzene rings is 3. The highest BCUT2D eigenvalue weighted by atomic mass is 32.2. The van der Waals surface area contributed by atoms with Crippen LogP contribution in [0.2, 0.25) is 0 Å². The molecule has 0 bridgehead atoms. The van der Waals surface area contributed by atoms with E-state index in [-0.39, 0.29) is 11.3 Å². The van der Waals surface area contributed by atoms with Crippen molar-refractivity contribution in [3.8, 4) is 0 Å². The van der Waals surface area contributed by atoms with Gasteiger partial charge in [0.2, 0.25) is 5.91 Å². The maximum absolute atomic E-state index is 12.3. The third kappa shape index (κ3) is 5.87. The number of fused-ring (bicyclic) bond motifs is 1. The Morgan fingerprint density at radius 1 is 1.03 bits per heavy atom. The summed E-state index contributed by atoms with van der Waals surface area (Å²) in [5, 5.41) is 2.94. The third-order valence-corrected chi connectivity index (χ3v) is 7.28. The van der Waals surface area contributed by atoms with E-state index >= 15 is 0 Å². The number of thiazole rings is 1. The highest BCUT2D eigenvalue weighted by molar-refractivity contribution is 8.00. The monoisotopic (exact) mass is 458 g/mol. The molecule has 0 fully saturated rings. The van der Waals surface area contributed by atoms with Gasteiger partial charge >= 0.3 is 0 Å². The molecule has 4 rings (SSSR count). The van der Waals surface area contributed by atoms with E-state index in [0.29, 0.717) is 0 Å². The van der Waals surface area contributed by atoms with Gasteiger partial charge in [0, 0.05) is 17.5 Å². The molecule has 1 N–H and O–H groups in total. The van der Waals surface area contributed by atoms with Gasteiger partial charge in [-0.25, -0.2) is 4.98 Å². The number of nitrogens with zero attached hydrogens (tertiary/aromatic N) is 1. The highest BCUT2D eigenvalue weighted by Crippen LogP contribution is 2.33. The summed E-state index contributed by atoms with van der Waals surface area (Å²) in [6.45, 7) is 6.69. The molecule has 0 atom stereocenters. The molecule has 162 valence electrons. The van der Waals surface area contributed by atoms with E-state index in [1.54, 1.807) is 29.2 Å². The molecular weight excluding hydrogens is 432 g/mol. The van der Waals surface area contributed by atoms with Crippen molar-refractivity contribution in [3.05, 3.63) is 95.6 Å². The van der Waals surface area contributed by atoms with Gasteiger partial charge in [0.25, 0.3) is 0 Å². The Morgan fingerprint density at radius 2 is 1.78 bits per heavy atom. The third-order valence-electron chi connectivity index (χ3n) is 5.05. The number of carbonyl (C=O) groups excluding carboxylic acids is 1. The van der Waals surface area contributed by atoms with Crippen molar-refractivity contribution in [2.45, 2.75) is 36.3 Å². The van der Waals surface area contributed by atoms with Gasteiger partial charge in [-0.3, -0.25) is 4.79 Å². The molecule has 0 spiro atoms. The number of nitrogens with one attached hydrogen (secondary N) is 1. The maximum Gasteiger partial charge on any atom is 0.248 e. The van der Waals surface area contributed by atoms with Crippen LogP contribution in [0.25, 0.3) is 16.3 Å². The summed E-state index contributed by atoms with van der Waals surface area (Å²) >= 11 is 3.40. The largest absolute Gasteiger partial charge is 0.322 e. The number of hydrogen-bond acceptors (Lipinski definition) is 4. The minimum absolute atomic E-state index is 0.147. The van der Waals surface area contributed by atoms with E-state index in [2.05, 4.69) is 50.4 Å². The average Bonchev–Trinajstić information content (AvgIpc) is 3.19. The maximum atomic E-state index is 12.3. The zero-order valence-electron chi connectivity index (χ0n) is 18.5. The number of aromatic nitrogens is 1. The molecule has 5 heteroatoms. The minimum atomic E-state index is -0.147. The number of anilines is 1. The van der Waals surface area contributed by atoms with Crippen LogP contribution in [0.1, 0.15) is 37.5 Å². The van der Waals surface area contributed by atoms with Gasteiger partial charge in [0.1, 0.15) is 0 Å². The van der Waals surface area contributed by atoms with Crippen LogP contribution in [-0.2, 0) is 16.0 Å². The molecular formula is C27H26N2OS2. The molecule has 0 saturated heterocycles. The number of rotatable bonds is 6. The van der Waals surface area contributed by atoms with Gasteiger partial charge < -0.3 is 5.32 Å². The van der Waals surface area contributed by atoms with Crippen LogP contribution in [-0.4, -0.2) is 10.9 Å². The Kier molecular flexibility index (Phi) is 6.77. The Balaban J connectivity index is 1.38. The SMILES string of the molecule is CC(C)(C)c1ccc(CSc2nc3ccc(NC(=O)C=Cc4ccccc4)cc3s2)cc1. The first-order chi connectivity index (χ1) is 15.4. The van der Waals surface area contributed by atoms with Crippen molar-refractivity contribution in [1.29, 1.82) is 0 Å². The van der Waals surface area contributed by atoms with Crippen molar-refractivity contribution in [2.24, 2.45) is 0 Å². The summed E-state index contributed by atoms with van der Waals surface area (Å²) in [5.41, 5.74) is 5.54. The quantitative estimate of drug-likeness (QED) is 0.240. The van der Waals surface area contributed by atoms with Gasteiger partial charge in [-0.05, 0) is 46.4 Å². The van der Waals surface area contributed by atoms with E-state index < -0.39 is 0 Å². The molecule has 32 heavy (non-hydrogen) atoms. The van der Waals surface area contributed by atoms with Gasteiger partial charge in [-0.15, -0.1) is 11.3 Å². The Labute approximate surface area is 197 Å². The zero-order chi connectivity index (χ0) is 22.6. The number of carbonyl (C=O) groups is 1. The fourth-order valence-electron chi connectivity index (χ4n) is 3.21. The topological polar surface area (TPSA) is 42.0 Å². The molecule has 0 aliphatic rings. The minimum Gasteiger partial charge on any atom is -0.322 e. The predicted octanol–water partition coefficient (Wildman–Crippen LogP) is 7.54. The first kappa shape index (κ1) is 22.3. The summed E-state index contributed by atoms with van der Waals surface area (Å²) in [4.78, 5) is 17.0. The Hall–Kier alpha value is -2.89. The van der Waals surface area contributed by atoms with Gasteiger partial charge in [0.15, 0.2) is 4.34 Å². The van der Waals surface area contributed by atoms with Gasteiger partial charge in [-0.2, -0.15) is 0 Å². The van der Waals surface area contributed by atoms with Crippen molar-refractivity contribution in [3.63, 3.8) is 0 Å². The van der Waals surface area contributed by atoms with Crippen molar-refractivity contribution in [1.82, 2.24) is 4.98 Å². The average molecular weight is 459 g/mol. The van der Waals surface area contributed by atoms with Crippen LogP contribution < -0.4 is 5.32 Å². The molecule has 0 unspecified atom stereocenters. The molecule has 3 aromatic carbocycles. The predicted molar refractivity (Wildman–Crippen MR) is 138 cm³/mol. The van der Waals surface area contributed by atoms with Crippen LogP contribution >= 0.6 is 23.1 Å². The lowest BCUT2D eigenvalue weighted by atomic mass is 9.87. The van der Waals surface area contributed by atoms with Crippen molar-refractivity contribution >= 4 is 51.0 Å². The smallest absolute Gasteiger partial charge is 0.248 e. The summed E-state index contributed by atoms with van der Waals surface area (Å²) < 4.78 is 2.10. The Bertz CT molecular complexity index is 1240. The molecule has 1 heterocycles. The summed E-state index contributed by atoms with van der Waals surface area (Å²) in [6, 6.07) is 24.5. The molecule has 1 aromatic heterocycles. The van der Waals surface area contributed by atoms with Crippen LogP contribution in [0, 0.1) is 0 Å². The number of thioether (sulfide) groups is 1. The lowest BCUT2D eigenvalue weighted by Crippen LogP contribution is -2.10. The highest BCUT2D eigenvalue weighted by Gasteiger charge is 2.13. The number of amides is 1. The van der Waals surface area contributed by atoms with E-state index in [1.165, 1.54) is 11.1 Å². The molecule has 0 radical (unpaired) electrons. The van der Waals surface area contributed by atoms with Crippen LogP contribution in [0.3, 0.4) is 0 Å². The van der Waals surface area contributed by atoms with E-state index in [4.69, 9.17) is 4.98 Å². The number of hydrogen-bond donors (Lipinski definition) is 1. The second-order valence-electron chi connectivity index (χ2n) is 8.63.